The maximum Gasteiger partial charge on any atom is 0.192 e. The molecule has 2 aromatic rings. The molecule has 9 heteroatoms. The standard InChI is InChI=1S/C19H27ClFN5S2/c20-13-11-18(28-26-19-25-9-10-27-19)14(21)12-17(13)24-8-4-3-7-23-16-6-2-1-5-15(16)22/h9-12,15-16,23-24H,1-8,22H2,(H,25,26)/t15-,16+/m0/s1. The lowest BCUT2D eigenvalue weighted by atomic mass is 9.91. The van der Waals surface area contributed by atoms with Crippen molar-refractivity contribution >= 4 is 45.7 Å². The molecule has 1 aromatic heterocycles. The van der Waals surface area contributed by atoms with Crippen molar-refractivity contribution in [1.29, 1.82) is 0 Å². The molecule has 1 heterocycles. The Morgan fingerprint density at radius 3 is 2.86 bits per heavy atom. The van der Waals surface area contributed by atoms with E-state index in [2.05, 4.69) is 20.3 Å². The van der Waals surface area contributed by atoms with Gasteiger partial charge in [0.15, 0.2) is 5.13 Å². The van der Waals surface area contributed by atoms with E-state index in [4.69, 9.17) is 17.3 Å². The van der Waals surface area contributed by atoms with Gasteiger partial charge in [-0.1, -0.05) is 24.4 Å². The number of hydrogen-bond donors (Lipinski definition) is 4. The third-order valence-electron chi connectivity index (χ3n) is 4.85. The number of unbranched alkanes of at least 4 members (excludes halogenated alkanes) is 1. The predicted molar refractivity (Wildman–Crippen MR) is 119 cm³/mol. The summed E-state index contributed by atoms with van der Waals surface area (Å²) in [5.41, 5.74) is 6.78. The first-order valence-electron chi connectivity index (χ1n) is 9.67. The number of nitrogens with two attached hydrogens (primary N) is 1. The minimum atomic E-state index is -0.311. The molecule has 3 rings (SSSR count). The van der Waals surface area contributed by atoms with E-state index in [1.165, 1.54) is 48.6 Å². The summed E-state index contributed by atoms with van der Waals surface area (Å²) in [4.78, 5) is 4.55. The lowest BCUT2D eigenvalue weighted by Crippen LogP contribution is -2.47. The van der Waals surface area contributed by atoms with Crippen LogP contribution in [-0.2, 0) is 0 Å². The quantitative estimate of drug-likeness (QED) is 0.302. The molecule has 28 heavy (non-hydrogen) atoms. The zero-order valence-electron chi connectivity index (χ0n) is 15.7. The molecule has 0 bridgehead atoms. The second-order valence-corrected chi connectivity index (χ2v) is 9.10. The normalized spacial score (nSPS) is 19.5. The van der Waals surface area contributed by atoms with E-state index < -0.39 is 0 Å². The van der Waals surface area contributed by atoms with Gasteiger partial charge >= 0.3 is 0 Å². The summed E-state index contributed by atoms with van der Waals surface area (Å²) in [5.74, 6) is -0.311. The van der Waals surface area contributed by atoms with Crippen LogP contribution in [0, 0.1) is 5.82 Å². The average Bonchev–Trinajstić information content (AvgIpc) is 3.20. The number of aromatic nitrogens is 1. The largest absolute Gasteiger partial charge is 0.384 e. The summed E-state index contributed by atoms with van der Waals surface area (Å²) >= 11 is 8.94. The topological polar surface area (TPSA) is 75.0 Å². The molecular weight excluding hydrogens is 417 g/mol. The lowest BCUT2D eigenvalue weighted by Gasteiger charge is -2.29. The molecule has 0 radical (unpaired) electrons. The van der Waals surface area contributed by atoms with Crippen molar-refractivity contribution in [3.8, 4) is 0 Å². The van der Waals surface area contributed by atoms with Crippen molar-refractivity contribution in [3.63, 3.8) is 0 Å². The highest BCUT2D eigenvalue weighted by Crippen LogP contribution is 2.32. The number of anilines is 2. The van der Waals surface area contributed by atoms with E-state index in [0.29, 0.717) is 21.6 Å². The zero-order valence-corrected chi connectivity index (χ0v) is 18.1. The zero-order chi connectivity index (χ0) is 19.8. The Kier molecular flexibility index (Phi) is 8.66. The summed E-state index contributed by atoms with van der Waals surface area (Å²) in [6.07, 6.45) is 8.54. The Bertz CT molecular complexity index is 731. The van der Waals surface area contributed by atoms with Gasteiger partial charge in [-0.25, -0.2) is 9.37 Å². The smallest absolute Gasteiger partial charge is 0.192 e. The molecule has 2 atom stereocenters. The van der Waals surface area contributed by atoms with Gasteiger partial charge in [-0.2, -0.15) is 0 Å². The van der Waals surface area contributed by atoms with Crippen molar-refractivity contribution in [2.24, 2.45) is 5.73 Å². The fourth-order valence-corrected chi connectivity index (χ4v) is 4.86. The first-order chi connectivity index (χ1) is 13.6. The average molecular weight is 444 g/mol. The molecule has 0 amide bonds. The Morgan fingerprint density at radius 1 is 1.25 bits per heavy atom. The molecule has 5 nitrogen and oxygen atoms in total. The van der Waals surface area contributed by atoms with E-state index in [1.807, 2.05) is 5.38 Å². The summed E-state index contributed by atoms with van der Waals surface area (Å²) in [7, 11) is 0. The fourth-order valence-electron chi connectivity index (χ4n) is 3.29. The van der Waals surface area contributed by atoms with Crippen LogP contribution in [0.3, 0.4) is 0 Å². The summed E-state index contributed by atoms with van der Waals surface area (Å²) in [6, 6.07) is 3.83. The summed E-state index contributed by atoms with van der Waals surface area (Å²) < 4.78 is 17.3. The molecular formula is C19H27ClFN5S2. The van der Waals surface area contributed by atoms with Crippen LogP contribution >= 0.6 is 34.9 Å². The van der Waals surface area contributed by atoms with Gasteiger partial charge in [0.25, 0.3) is 0 Å². The molecule has 1 aromatic carbocycles. The third-order valence-corrected chi connectivity index (χ3v) is 6.81. The molecule has 1 aliphatic rings. The molecule has 1 fully saturated rings. The number of hydrogen-bond acceptors (Lipinski definition) is 7. The number of benzene rings is 1. The van der Waals surface area contributed by atoms with Crippen molar-refractivity contribution in [3.05, 3.63) is 34.5 Å². The highest BCUT2D eigenvalue weighted by atomic mass is 35.5. The van der Waals surface area contributed by atoms with Crippen LogP contribution in [0.25, 0.3) is 0 Å². The van der Waals surface area contributed by atoms with Crippen molar-refractivity contribution in [2.45, 2.75) is 55.5 Å². The Balaban J connectivity index is 1.37. The number of thiazole rings is 1. The second-order valence-electron chi connectivity index (χ2n) is 6.95. The van der Waals surface area contributed by atoms with Gasteiger partial charge < -0.3 is 21.1 Å². The molecule has 5 N–H and O–H groups in total. The Labute approximate surface area is 179 Å². The van der Waals surface area contributed by atoms with Crippen LogP contribution in [0.4, 0.5) is 15.2 Å². The van der Waals surface area contributed by atoms with Crippen LogP contribution in [0.5, 0.6) is 0 Å². The van der Waals surface area contributed by atoms with Gasteiger partial charge in [0.2, 0.25) is 0 Å². The number of nitrogens with one attached hydrogen (secondary N) is 3. The highest BCUT2D eigenvalue weighted by molar-refractivity contribution is 8.00. The summed E-state index contributed by atoms with van der Waals surface area (Å²) in [5, 5.41) is 9.90. The Hall–Kier alpha value is -1.06. The number of nitrogens with zero attached hydrogens (tertiary/aromatic N) is 1. The van der Waals surface area contributed by atoms with E-state index in [9.17, 15) is 4.39 Å². The molecule has 0 aliphatic heterocycles. The van der Waals surface area contributed by atoms with Gasteiger partial charge in [-0.05, 0) is 56.3 Å². The van der Waals surface area contributed by atoms with Gasteiger partial charge in [0, 0.05) is 30.2 Å². The number of rotatable bonds is 10. The van der Waals surface area contributed by atoms with Gasteiger partial charge in [-0.3, -0.25) is 0 Å². The lowest BCUT2D eigenvalue weighted by molar-refractivity contribution is 0.327. The minimum Gasteiger partial charge on any atom is -0.384 e. The first kappa shape index (κ1) is 21.6. The third kappa shape index (κ3) is 6.49. The van der Waals surface area contributed by atoms with Crippen molar-refractivity contribution < 1.29 is 4.39 Å². The first-order valence-corrected chi connectivity index (χ1v) is 11.7. The van der Waals surface area contributed by atoms with E-state index >= 15 is 0 Å². The van der Waals surface area contributed by atoms with Crippen LogP contribution in [0.2, 0.25) is 5.02 Å². The van der Waals surface area contributed by atoms with Crippen molar-refractivity contribution in [2.75, 3.05) is 23.1 Å². The van der Waals surface area contributed by atoms with Crippen LogP contribution in [-0.4, -0.2) is 30.2 Å². The van der Waals surface area contributed by atoms with Gasteiger partial charge in [-0.15, -0.1) is 11.3 Å². The summed E-state index contributed by atoms with van der Waals surface area (Å²) in [6.45, 7) is 1.71. The minimum absolute atomic E-state index is 0.287. The van der Waals surface area contributed by atoms with Crippen LogP contribution < -0.4 is 21.1 Å². The maximum atomic E-state index is 14.3. The van der Waals surface area contributed by atoms with Gasteiger partial charge in [0.1, 0.15) is 5.82 Å². The van der Waals surface area contributed by atoms with Gasteiger partial charge in [0.05, 0.1) is 15.6 Å². The monoisotopic (exact) mass is 443 g/mol. The fraction of sp³-hybridized carbons (Fsp3) is 0.526. The number of halogens is 2. The van der Waals surface area contributed by atoms with Crippen molar-refractivity contribution in [1.82, 2.24) is 10.3 Å². The second kappa shape index (κ2) is 11.2. The molecule has 1 saturated carbocycles. The highest BCUT2D eigenvalue weighted by Gasteiger charge is 2.20. The van der Waals surface area contributed by atoms with E-state index in [0.717, 1.165) is 37.5 Å². The Morgan fingerprint density at radius 2 is 2.07 bits per heavy atom. The molecule has 0 unspecified atom stereocenters. The molecule has 1 aliphatic carbocycles. The predicted octanol–water partition coefficient (Wildman–Crippen LogP) is 5.11. The van der Waals surface area contributed by atoms with E-state index in [1.54, 1.807) is 12.3 Å². The SMILES string of the molecule is N[C@H]1CCCC[C@H]1NCCCCNc1cc(F)c(SNc2nccs2)cc1Cl. The maximum absolute atomic E-state index is 14.3. The van der Waals surface area contributed by atoms with Crippen LogP contribution in [0.1, 0.15) is 38.5 Å². The molecule has 0 saturated heterocycles. The van der Waals surface area contributed by atoms with E-state index in [-0.39, 0.29) is 11.9 Å². The molecule has 154 valence electrons. The molecule has 0 spiro atoms. The van der Waals surface area contributed by atoms with Crippen LogP contribution in [0.15, 0.2) is 28.6 Å².